The molecule has 344 valence electrons. The van der Waals surface area contributed by atoms with E-state index in [1.807, 2.05) is 35.6 Å². The molecule has 5 unspecified atom stereocenters. The maximum Gasteiger partial charge on any atom is 0.405 e. The number of carbonyl (C=O) groups excluding carboxylic acids is 2. The standard InChI is InChI=1S/C39H53N3O20/c1-3-57-35-26(41-17(2)44)29(49)32(23(15-43)59-35)61-36-31(51)30(50)28(48)24(60-36)16-58-39(37(53)54)13-21(45)25(42-38(55)56)33(62-39)27(47)22(46)14-40-34(52)20-11-9-19(10-12-20)18-7-5-4-6-8-18/h4-12,21-33,35-36,42-43,45-51H,3,13-16H2,1-2H3,(H,40,52)(H,41,44)(H,53,54)(H,55,56)/t21-,22-,23?,24?,25-,26?,27-,28+,29-,30+,31?,32-,33?,35-,36+,39-/m1/s1. The van der Waals surface area contributed by atoms with Crippen molar-refractivity contribution >= 4 is 23.9 Å². The summed E-state index contributed by atoms with van der Waals surface area (Å²) in [6, 6.07) is 12.7. The summed E-state index contributed by atoms with van der Waals surface area (Å²) in [6.45, 7) is 0.357. The first-order chi connectivity index (χ1) is 29.4. The van der Waals surface area contributed by atoms with Crippen molar-refractivity contribution in [3.63, 3.8) is 0 Å². The number of hydrogen-bond acceptors (Lipinski definition) is 18. The van der Waals surface area contributed by atoms with E-state index < -0.39 is 148 Å². The highest BCUT2D eigenvalue weighted by Gasteiger charge is 2.57. The Morgan fingerprint density at radius 3 is 2.06 bits per heavy atom. The van der Waals surface area contributed by atoms with Gasteiger partial charge in [0.15, 0.2) is 12.6 Å². The number of amides is 3. The van der Waals surface area contributed by atoms with Crippen LogP contribution in [0, 0.1) is 0 Å². The Hall–Kier alpha value is -4.44. The molecule has 0 bridgehead atoms. The average Bonchev–Trinajstić information content (AvgIpc) is 3.25. The normalized spacial score (nSPS) is 34.6. The predicted octanol–water partition coefficient (Wildman–Crippen LogP) is -3.80. The molecule has 3 heterocycles. The van der Waals surface area contributed by atoms with E-state index in [0.717, 1.165) is 18.1 Å². The molecule has 23 heteroatoms. The van der Waals surface area contributed by atoms with Gasteiger partial charge >= 0.3 is 12.1 Å². The number of hydrogen-bond donors (Lipinski definition) is 13. The quantitative estimate of drug-likeness (QED) is 0.0724. The summed E-state index contributed by atoms with van der Waals surface area (Å²) in [4.78, 5) is 49.4. The fraction of sp³-hybridized carbons (Fsp3) is 0.590. The van der Waals surface area contributed by atoms with Crippen LogP contribution in [0.3, 0.4) is 0 Å². The molecule has 13 N–H and O–H groups in total. The monoisotopic (exact) mass is 883 g/mol. The van der Waals surface area contributed by atoms with Crippen molar-refractivity contribution in [3.05, 3.63) is 60.2 Å². The van der Waals surface area contributed by atoms with Crippen LogP contribution in [-0.4, -0.2) is 199 Å². The third-order valence-corrected chi connectivity index (χ3v) is 10.6. The Morgan fingerprint density at radius 2 is 1.47 bits per heavy atom. The molecule has 2 aromatic rings. The minimum atomic E-state index is -2.97. The van der Waals surface area contributed by atoms with Crippen molar-refractivity contribution in [3.8, 4) is 11.1 Å². The van der Waals surface area contributed by atoms with E-state index in [9.17, 15) is 70.2 Å². The zero-order valence-corrected chi connectivity index (χ0v) is 33.4. The molecule has 16 atom stereocenters. The summed E-state index contributed by atoms with van der Waals surface area (Å²) in [6.07, 6.45) is -26.8. The Morgan fingerprint density at radius 1 is 0.823 bits per heavy atom. The van der Waals surface area contributed by atoms with Crippen molar-refractivity contribution in [2.24, 2.45) is 0 Å². The van der Waals surface area contributed by atoms with Gasteiger partial charge in [-0.05, 0) is 30.2 Å². The third kappa shape index (κ3) is 11.2. The maximum absolute atomic E-state index is 12.9. The molecular weight excluding hydrogens is 830 g/mol. The van der Waals surface area contributed by atoms with Crippen LogP contribution < -0.4 is 16.0 Å². The molecule has 3 aliphatic heterocycles. The van der Waals surface area contributed by atoms with Crippen molar-refractivity contribution < 1.29 is 98.7 Å². The lowest BCUT2D eigenvalue weighted by Crippen LogP contribution is -2.69. The van der Waals surface area contributed by atoms with E-state index in [1.165, 1.54) is 12.1 Å². The van der Waals surface area contributed by atoms with Crippen LogP contribution in [0.5, 0.6) is 0 Å². The van der Waals surface area contributed by atoms with E-state index >= 15 is 0 Å². The number of carbonyl (C=O) groups is 4. The van der Waals surface area contributed by atoms with Gasteiger partial charge in [0.1, 0.15) is 61.0 Å². The van der Waals surface area contributed by atoms with Gasteiger partial charge < -0.3 is 95.4 Å². The second-order valence-electron chi connectivity index (χ2n) is 14.9. The molecule has 3 amide bonds. The molecule has 0 spiro atoms. The lowest BCUT2D eigenvalue weighted by atomic mass is 9.88. The molecular formula is C39H53N3O20. The number of carboxylic acid groups (broad SMARTS) is 2. The second-order valence-corrected chi connectivity index (χ2v) is 14.9. The van der Waals surface area contributed by atoms with E-state index in [2.05, 4.69) is 10.6 Å². The van der Waals surface area contributed by atoms with Crippen molar-refractivity contribution in [1.82, 2.24) is 16.0 Å². The molecule has 23 nitrogen and oxygen atoms in total. The summed E-state index contributed by atoms with van der Waals surface area (Å²) >= 11 is 0. The summed E-state index contributed by atoms with van der Waals surface area (Å²) in [7, 11) is 0. The topological polar surface area (TPSA) is 362 Å². The Kier molecular flexibility index (Phi) is 16.7. The fourth-order valence-corrected chi connectivity index (χ4v) is 7.41. The number of aliphatic hydroxyl groups excluding tert-OH is 8. The van der Waals surface area contributed by atoms with Gasteiger partial charge in [0.25, 0.3) is 11.7 Å². The predicted molar refractivity (Wildman–Crippen MR) is 206 cm³/mol. The van der Waals surface area contributed by atoms with Crippen LogP contribution in [0.4, 0.5) is 4.79 Å². The number of benzene rings is 2. The minimum absolute atomic E-state index is 0.0761. The van der Waals surface area contributed by atoms with Gasteiger partial charge in [0.05, 0.1) is 31.5 Å². The number of carboxylic acids is 1. The van der Waals surface area contributed by atoms with Crippen molar-refractivity contribution in [2.45, 2.75) is 118 Å². The molecule has 0 aromatic heterocycles. The minimum Gasteiger partial charge on any atom is -0.477 e. The summed E-state index contributed by atoms with van der Waals surface area (Å²) in [5, 5.41) is 114. The van der Waals surface area contributed by atoms with Gasteiger partial charge in [-0.15, -0.1) is 0 Å². The van der Waals surface area contributed by atoms with E-state index in [1.54, 1.807) is 19.1 Å². The van der Waals surface area contributed by atoms with Crippen LogP contribution in [0.15, 0.2) is 54.6 Å². The zero-order valence-electron chi connectivity index (χ0n) is 33.4. The van der Waals surface area contributed by atoms with E-state index in [4.69, 9.17) is 28.4 Å². The molecule has 3 aliphatic rings. The van der Waals surface area contributed by atoms with Gasteiger partial charge in [-0.3, -0.25) is 9.59 Å². The Balaban J connectivity index is 1.29. The summed E-state index contributed by atoms with van der Waals surface area (Å²) < 4.78 is 33.8. The largest absolute Gasteiger partial charge is 0.477 e. The van der Waals surface area contributed by atoms with Gasteiger partial charge in [-0.25, -0.2) is 9.59 Å². The van der Waals surface area contributed by atoms with E-state index in [-0.39, 0.29) is 12.2 Å². The number of rotatable bonds is 17. The van der Waals surface area contributed by atoms with Crippen molar-refractivity contribution in [2.75, 3.05) is 26.4 Å². The highest BCUT2D eigenvalue weighted by atomic mass is 16.8. The highest BCUT2D eigenvalue weighted by Crippen LogP contribution is 2.36. The Bertz CT molecular complexity index is 1810. The number of nitrogens with one attached hydrogen (secondary N) is 3. The van der Waals surface area contributed by atoms with Gasteiger partial charge in [0.2, 0.25) is 5.91 Å². The zero-order chi connectivity index (χ0) is 45.5. The molecule has 3 fully saturated rings. The van der Waals surface area contributed by atoms with Crippen LogP contribution in [0.1, 0.15) is 30.6 Å². The molecule has 0 aliphatic carbocycles. The highest BCUT2D eigenvalue weighted by molar-refractivity contribution is 5.94. The van der Waals surface area contributed by atoms with Gasteiger partial charge in [-0.2, -0.15) is 0 Å². The molecule has 62 heavy (non-hydrogen) atoms. The molecule has 0 radical (unpaired) electrons. The average molecular weight is 884 g/mol. The smallest absolute Gasteiger partial charge is 0.405 e. The number of ether oxygens (including phenoxy) is 6. The lowest BCUT2D eigenvalue weighted by Gasteiger charge is -2.48. The van der Waals surface area contributed by atoms with Crippen LogP contribution in [0.2, 0.25) is 0 Å². The molecule has 5 rings (SSSR count). The number of aliphatic hydroxyl groups is 8. The first-order valence-corrected chi connectivity index (χ1v) is 19.6. The Labute approximate surface area is 353 Å². The van der Waals surface area contributed by atoms with Crippen LogP contribution in [-0.2, 0) is 38.0 Å². The fourth-order valence-electron chi connectivity index (χ4n) is 7.41. The van der Waals surface area contributed by atoms with Gasteiger partial charge in [-0.1, -0.05) is 42.5 Å². The first kappa shape index (κ1) is 48.6. The summed E-state index contributed by atoms with van der Waals surface area (Å²) in [5.41, 5.74) is 1.89. The molecule has 0 saturated carbocycles. The summed E-state index contributed by atoms with van der Waals surface area (Å²) in [5.74, 6) is -6.19. The van der Waals surface area contributed by atoms with Crippen molar-refractivity contribution in [1.29, 1.82) is 0 Å². The molecule has 3 saturated heterocycles. The second kappa shape index (κ2) is 21.3. The number of aliphatic carboxylic acids is 1. The van der Waals surface area contributed by atoms with Gasteiger partial charge in [0, 0.05) is 32.1 Å². The first-order valence-electron chi connectivity index (χ1n) is 19.6. The lowest BCUT2D eigenvalue weighted by molar-refractivity contribution is -0.359. The molecule has 2 aromatic carbocycles. The van der Waals surface area contributed by atoms with E-state index in [0.29, 0.717) is 0 Å². The SMILES string of the molecule is CCO[C@@H]1OC(CO)[C@@H](O[C@@H]2OC(CO[C@]3(C(=O)O)C[C@@H](O)[C@@H](NC(=O)O)C([C@H](O)[C@H](O)CNC(=O)c4ccc(-c5ccccc5)cc4)O3)[C@H](O)[C@H](O)C2O)[C@H](O)C1NC(C)=O. The maximum atomic E-state index is 12.9. The van der Waals surface area contributed by atoms with Crippen LogP contribution in [0.25, 0.3) is 11.1 Å². The van der Waals surface area contributed by atoms with Crippen LogP contribution >= 0.6 is 0 Å². The third-order valence-electron chi connectivity index (χ3n) is 10.6.